The first-order chi connectivity index (χ1) is 10.1. The summed E-state index contributed by atoms with van der Waals surface area (Å²) in [6.45, 7) is 3.24. The molecule has 1 amide bonds. The van der Waals surface area contributed by atoms with Gasteiger partial charge in [-0.25, -0.2) is 0 Å². The van der Waals surface area contributed by atoms with Gasteiger partial charge in [0.1, 0.15) is 6.54 Å². The second-order valence-corrected chi connectivity index (χ2v) is 5.38. The van der Waals surface area contributed by atoms with E-state index >= 15 is 0 Å². The summed E-state index contributed by atoms with van der Waals surface area (Å²) in [5, 5.41) is 11.7. The van der Waals surface area contributed by atoms with E-state index in [2.05, 4.69) is 5.32 Å². The summed E-state index contributed by atoms with van der Waals surface area (Å²) in [5.74, 6) is -0.541. The molecular formula is C14H19F3N2O3. The monoisotopic (exact) mass is 320 g/mol. The van der Waals surface area contributed by atoms with Gasteiger partial charge in [-0.3, -0.25) is 9.59 Å². The third-order valence-corrected chi connectivity index (χ3v) is 3.02. The van der Waals surface area contributed by atoms with Gasteiger partial charge < -0.3 is 15.0 Å². The van der Waals surface area contributed by atoms with E-state index in [4.69, 9.17) is 0 Å². The van der Waals surface area contributed by atoms with Gasteiger partial charge in [-0.15, -0.1) is 0 Å². The van der Waals surface area contributed by atoms with Gasteiger partial charge in [0.25, 0.3) is 5.56 Å². The minimum absolute atomic E-state index is 0.0159. The van der Waals surface area contributed by atoms with Gasteiger partial charge >= 0.3 is 6.18 Å². The van der Waals surface area contributed by atoms with Crippen LogP contribution in [-0.2, 0) is 17.5 Å². The topological polar surface area (TPSA) is 71.3 Å². The zero-order chi connectivity index (χ0) is 16.9. The van der Waals surface area contributed by atoms with E-state index in [0.29, 0.717) is 18.7 Å². The standard InChI is InChI=1S/C14H19F3N2O3/c1-9(5-10(2)20)6-18-12(21)8-19-7-11(14(15,16)17)3-4-13(19)22/h3-4,7,9-10,20H,5-6,8H2,1-2H3,(H,18,21). The van der Waals surface area contributed by atoms with Crippen molar-refractivity contribution in [3.63, 3.8) is 0 Å². The summed E-state index contributed by atoms with van der Waals surface area (Å²) in [5.41, 5.74) is -1.66. The van der Waals surface area contributed by atoms with Gasteiger partial charge in [0.15, 0.2) is 0 Å². The maximum absolute atomic E-state index is 12.6. The second kappa shape index (κ2) is 7.44. The lowest BCUT2D eigenvalue weighted by Crippen LogP contribution is -2.35. The number of pyridine rings is 1. The molecule has 1 aromatic rings. The number of halogens is 3. The van der Waals surface area contributed by atoms with Gasteiger partial charge in [0, 0.05) is 18.8 Å². The molecule has 0 spiro atoms. The van der Waals surface area contributed by atoms with Crippen molar-refractivity contribution in [2.24, 2.45) is 5.92 Å². The molecule has 0 fully saturated rings. The van der Waals surface area contributed by atoms with Crippen LogP contribution in [0.5, 0.6) is 0 Å². The quantitative estimate of drug-likeness (QED) is 0.832. The molecule has 0 aliphatic heterocycles. The van der Waals surface area contributed by atoms with Gasteiger partial charge in [-0.1, -0.05) is 6.92 Å². The Bertz CT molecular complexity index is 567. The average Bonchev–Trinajstić information content (AvgIpc) is 2.37. The lowest BCUT2D eigenvalue weighted by atomic mass is 10.1. The molecule has 1 aromatic heterocycles. The molecule has 2 atom stereocenters. The number of alkyl halides is 3. The van der Waals surface area contributed by atoms with Crippen molar-refractivity contribution in [1.29, 1.82) is 0 Å². The number of nitrogens with zero attached hydrogens (tertiary/aromatic N) is 1. The average molecular weight is 320 g/mol. The first kappa shape index (κ1) is 18.2. The van der Waals surface area contributed by atoms with E-state index in [0.717, 1.165) is 10.6 Å². The normalized spacial score (nSPS) is 14.5. The molecule has 5 nitrogen and oxygen atoms in total. The molecule has 2 N–H and O–H groups in total. The number of carbonyl (C=O) groups excluding carboxylic acids is 1. The van der Waals surface area contributed by atoms with Crippen molar-refractivity contribution in [2.75, 3.05) is 6.54 Å². The van der Waals surface area contributed by atoms with Gasteiger partial charge in [0.05, 0.1) is 11.7 Å². The fourth-order valence-corrected chi connectivity index (χ4v) is 1.99. The molecule has 22 heavy (non-hydrogen) atoms. The van der Waals surface area contributed by atoms with Crippen molar-refractivity contribution >= 4 is 5.91 Å². The van der Waals surface area contributed by atoms with Crippen LogP contribution in [0.15, 0.2) is 23.1 Å². The molecule has 0 aliphatic rings. The highest BCUT2D eigenvalue weighted by Gasteiger charge is 2.31. The summed E-state index contributed by atoms with van der Waals surface area (Å²) in [6.07, 6.45) is -3.96. The van der Waals surface area contributed by atoms with Crippen LogP contribution in [0.25, 0.3) is 0 Å². The van der Waals surface area contributed by atoms with E-state index < -0.39 is 35.9 Å². The van der Waals surface area contributed by atoms with Crippen LogP contribution >= 0.6 is 0 Å². The number of aliphatic hydroxyl groups is 1. The summed E-state index contributed by atoms with van der Waals surface area (Å²) >= 11 is 0. The number of aromatic nitrogens is 1. The molecule has 0 saturated carbocycles. The maximum Gasteiger partial charge on any atom is 0.417 e. The maximum atomic E-state index is 12.6. The molecule has 1 heterocycles. The van der Waals surface area contributed by atoms with Crippen molar-refractivity contribution in [1.82, 2.24) is 9.88 Å². The van der Waals surface area contributed by atoms with Crippen LogP contribution in [0.3, 0.4) is 0 Å². The van der Waals surface area contributed by atoms with E-state index in [1.165, 1.54) is 0 Å². The van der Waals surface area contributed by atoms with Gasteiger partial charge in [0.2, 0.25) is 5.91 Å². The zero-order valence-corrected chi connectivity index (χ0v) is 12.4. The number of amides is 1. The minimum Gasteiger partial charge on any atom is -0.393 e. The Morgan fingerprint density at radius 3 is 2.55 bits per heavy atom. The molecule has 1 rings (SSSR count). The Balaban J connectivity index is 2.67. The third-order valence-electron chi connectivity index (χ3n) is 3.02. The predicted molar refractivity (Wildman–Crippen MR) is 74.2 cm³/mol. The highest BCUT2D eigenvalue weighted by molar-refractivity contribution is 5.75. The molecule has 0 aromatic carbocycles. The Morgan fingerprint density at radius 2 is 2.00 bits per heavy atom. The molecule has 124 valence electrons. The SMILES string of the molecule is CC(O)CC(C)CNC(=O)Cn1cc(C(F)(F)F)ccc1=O. The van der Waals surface area contributed by atoms with Crippen LogP contribution in [0.1, 0.15) is 25.8 Å². The number of nitrogens with one attached hydrogen (secondary N) is 1. The van der Waals surface area contributed by atoms with E-state index in [1.54, 1.807) is 6.92 Å². The summed E-state index contributed by atoms with van der Waals surface area (Å²) < 4.78 is 38.4. The Hall–Kier alpha value is -1.83. The van der Waals surface area contributed by atoms with Crippen molar-refractivity contribution in [3.8, 4) is 0 Å². The van der Waals surface area contributed by atoms with Crippen molar-refractivity contribution in [3.05, 3.63) is 34.2 Å². The summed E-state index contributed by atoms with van der Waals surface area (Å²) in [4.78, 5) is 23.2. The second-order valence-electron chi connectivity index (χ2n) is 5.38. The molecule has 0 bridgehead atoms. The van der Waals surface area contributed by atoms with Crippen LogP contribution in [0.4, 0.5) is 13.2 Å². The molecule has 0 aliphatic carbocycles. The van der Waals surface area contributed by atoms with Gasteiger partial charge in [-0.2, -0.15) is 13.2 Å². The molecule has 0 saturated heterocycles. The van der Waals surface area contributed by atoms with E-state index in [1.807, 2.05) is 6.92 Å². The summed E-state index contributed by atoms with van der Waals surface area (Å²) in [7, 11) is 0. The third kappa shape index (κ3) is 5.88. The Morgan fingerprint density at radius 1 is 1.36 bits per heavy atom. The molecule has 0 radical (unpaired) electrons. The number of aliphatic hydroxyl groups excluding tert-OH is 1. The number of hydrogen-bond acceptors (Lipinski definition) is 3. The highest BCUT2D eigenvalue weighted by atomic mass is 19.4. The fraction of sp³-hybridized carbons (Fsp3) is 0.571. The predicted octanol–water partition coefficient (Wildman–Crippen LogP) is 1.39. The molecular weight excluding hydrogens is 301 g/mol. The van der Waals surface area contributed by atoms with E-state index in [9.17, 15) is 27.9 Å². The number of hydrogen-bond donors (Lipinski definition) is 2. The molecule has 8 heteroatoms. The first-order valence-corrected chi connectivity index (χ1v) is 6.82. The highest BCUT2D eigenvalue weighted by Crippen LogP contribution is 2.27. The molecule has 2 unspecified atom stereocenters. The van der Waals surface area contributed by atoms with Crippen LogP contribution in [-0.4, -0.2) is 28.2 Å². The number of rotatable bonds is 6. The lowest BCUT2D eigenvalue weighted by Gasteiger charge is -2.15. The van der Waals surface area contributed by atoms with E-state index in [-0.39, 0.29) is 12.5 Å². The van der Waals surface area contributed by atoms with Crippen LogP contribution < -0.4 is 10.9 Å². The van der Waals surface area contributed by atoms with Crippen LogP contribution in [0.2, 0.25) is 0 Å². The fourth-order valence-electron chi connectivity index (χ4n) is 1.99. The first-order valence-electron chi connectivity index (χ1n) is 6.82. The smallest absolute Gasteiger partial charge is 0.393 e. The largest absolute Gasteiger partial charge is 0.417 e. The number of carbonyl (C=O) groups is 1. The van der Waals surface area contributed by atoms with Crippen LogP contribution in [0, 0.1) is 5.92 Å². The van der Waals surface area contributed by atoms with Crippen molar-refractivity contribution < 1.29 is 23.1 Å². The van der Waals surface area contributed by atoms with Crippen molar-refractivity contribution in [2.45, 2.75) is 39.1 Å². The summed E-state index contributed by atoms with van der Waals surface area (Å²) in [6, 6.07) is 1.47. The van der Waals surface area contributed by atoms with Gasteiger partial charge in [-0.05, 0) is 25.3 Å². The minimum atomic E-state index is -4.57. The lowest BCUT2D eigenvalue weighted by molar-refractivity contribution is -0.138. The zero-order valence-electron chi connectivity index (χ0n) is 12.4. The Labute approximate surface area is 125 Å². The Kier molecular flexibility index (Phi) is 6.16.